The molecule has 59 heavy (non-hydrogen) atoms. The molecule has 7 rings (SSSR count). The summed E-state index contributed by atoms with van der Waals surface area (Å²) in [4.78, 5) is 70.5. The first-order valence-corrected chi connectivity index (χ1v) is 20.5. The number of nitrogens with one attached hydrogen (secondary N) is 1. The number of nitrogens with zero attached hydrogens (tertiary/aromatic N) is 5. The first-order chi connectivity index (χ1) is 28.4. The van der Waals surface area contributed by atoms with Crippen LogP contribution < -0.4 is 20.5 Å². The molecule has 310 valence electrons. The second-order valence-corrected chi connectivity index (χ2v) is 15.7. The SMILES string of the molecule is CC(Oc1cc(-c2cnn(C3CCN(C(=O)CCCCCCCOc4cccc5c4C(=O)N(C4CCC(=O)NC4=O)C5=O)CC3)c2)cnc1N)c1c(Cl)ccc(F)c1Cl. The monoisotopic (exact) mass is 847 g/mol. The molecule has 0 bridgehead atoms. The number of unbranched alkanes of at least 4 members (excludes halogenated alkanes) is 4. The third-order valence-corrected chi connectivity index (χ3v) is 11.7. The molecule has 5 amide bonds. The smallest absolute Gasteiger partial charge is 0.266 e. The van der Waals surface area contributed by atoms with E-state index in [1.54, 1.807) is 37.5 Å². The molecule has 2 fully saturated rings. The van der Waals surface area contributed by atoms with E-state index < -0.39 is 41.6 Å². The van der Waals surface area contributed by atoms with Crippen molar-refractivity contribution in [3.8, 4) is 22.6 Å². The molecule has 14 nitrogen and oxygen atoms in total. The normalized spacial score (nSPS) is 17.6. The molecule has 3 aliphatic rings. The summed E-state index contributed by atoms with van der Waals surface area (Å²) in [6, 6.07) is 8.28. The van der Waals surface area contributed by atoms with Crippen molar-refractivity contribution >= 4 is 58.6 Å². The van der Waals surface area contributed by atoms with Crippen molar-refractivity contribution in [2.75, 3.05) is 25.4 Å². The maximum atomic E-state index is 14.1. The van der Waals surface area contributed by atoms with Crippen LogP contribution in [0.5, 0.6) is 11.5 Å². The lowest BCUT2D eigenvalue weighted by Gasteiger charge is -2.32. The van der Waals surface area contributed by atoms with Crippen molar-refractivity contribution in [1.29, 1.82) is 0 Å². The number of carbonyl (C=O) groups is 5. The van der Waals surface area contributed by atoms with Gasteiger partial charge in [0.05, 0.1) is 35.0 Å². The van der Waals surface area contributed by atoms with Gasteiger partial charge in [0.2, 0.25) is 17.7 Å². The molecule has 0 radical (unpaired) electrons. The molecule has 0 spiro atoms. The third-order valence-electron chi connectivity index (χ3n) is 11.0. The van der Waals surface area contributed by atoms with E-state index in [0.29, 0.717) is 43.2 Å². The van der Waals surface area contributed by atoms with Gasteiger partial charge in [-0.15, -0.1) is 0 Å². The van der Waals surface area contributed by atoms with Crippen LogP contribution in [0.15, 0.2) is 55.0 Å². The fourth-order valence-corrected chi connectivity index (χ4v) is 8.47. The summed E-state index contributed by atoms with van der Waals surface area (Å²) in [5.41, 5.74) is 8.31. The van der Waals surface area contributed by atoms with Crippen LogP contribution in [0.1, 0.15) is 110 Å². The van der Waals surface area contributed by atoms with Gasteiger partial charge in [0.25, 0.3) is 11.8 Å². The Morgan fingerprint density at radius 2 is 1.73 bits per heavy atom. The highest BCUT2D eigenvalue weighted by atomic mass is 35.5. The molecule has 2 saturated heterocycles. The number of piperidine rings is 2. The van der Waals surface area contributed by atoms with Crippen molar-refractivity contribution in [3.63, 3.8) is 0 Å². The van der Waals surface area contributed by atoms with Crippen molar-refractivity contribution < 1.29 is 37.8 Å². The Balaban J connectivity index is 0.811. The summed E-state index contributed by atoms with van der Waals surface area (Å²) in [5, 5.41) is 6.97. The van der Waals surface area contributed by atoms with E-state index in [9.17, 15) is 28.4 Å². The Bertz CT molecular complexity index is 2280. The van der Waals surface area contributed by atoms with Gasteiger partial charge in [-0.25, -0.2) is 9.37 Å². The number of amides is 5. The van der Waals surface area contributed by atoms with Gasteiger partial charge in [-0.2, -0.15) is 5.10 Å². The first-order valence-electron chi connectivity index (χ1n) is 19.8. The fraction of sp³-hybridized carbons (Fsp3) is 0.405. The van der Waals surface area contributed by atoms with E-state index in [0.717, 1.165) is 61.0 Å². The number of nitrogens with two attached hydrogens (primary N) is 1. The molecule has 4 aromatic rings. The van der Waals surface area contributed by atoms with Crippen molar-refractivity contribution in [2.45, 2.75) is 89.3 Å². The summed E-state index contributed by atoms with van der Waals surface area (Å²) in [7, 11) is 0. The average Bonchev–Trinajstić information content (AvgIpc) is 3.81. The Hall–Kier alpha value is -5.54. The van der Waals surface area contributed by atoms with Gasteiger partial charge in [-0.05, 0) is 69.4 Å². The van der Waals surface area contributed by atoms with Gasteiger partial charge >= 0.3 is 0 Å². The van der Waals surface area contributed by atoms with Gasteiger partial charge in [-0.3, -0.25) is 38.9 Å². The van der Waals surface area contributed by atoms with E-state index in [1.807, 2.05) is 15.8 Å². The van der Waals surface area contributed by atoms with E-state index in [-0.39, 0.29) is 51.8 Å². The lowest BCUT2D eigenvalue weighted by atomic mass is 10.0. The van der Waals surface area contributed by atoms with Gasteiger partial charge in [0, 0.05) is 60.0 Å². The minimum absolute atomic E-state index is 0.0524. The summed E-state index contributed by atoms with van der Waals surface area (Å²) >= 11 is 12.5. The maximum Gasteiger partial charge on any atom is 0.266 e. The van der Waals surface area contributed by atoms with Crippen LogP contribution in [0.4, 0.5) is 10.2 Å². The van der Waals surface area contributed by atoms with E-state index in [4.69, 9.17) is 38.4 Å². The summed E-state index contributed by atoms with van der Waals surface area (Å²) < 4.78 is 28.0. The lowest BCUT2D eigenvalue weighted by molar-refractivity contribution is -0.136. The highest BCUT2D eigenvalue weighted by Crippen LogP contribution is 2.38. The molecule has 0 saturated carbocycles. The van der Waals surface area contributed by atoms with E-state index in [1.165, 1.54) is 18.2 Å². The quantitative estimate of drug-likeness (QED) is 0.0713. The van der Waals surface area contributed by atoms with Crippen molar-refractivity contribution in [3.05, 3.63) is 87.5 Å². The molecule has 5 heterocycles. The van der Waals surface area contributed by atoms with Crippen LogP contribution in [0.25, 0.3) is 11.1 Å². The lowest BCUT2D eigenvalue weighted by Crippen LogP contribution is -2.54. The number of aromatic nitrogens is 3. The molecule has 2 aromatic heterocycles. The zero-order chi connectivity index (χ0) is 41.8. The number of rotatable bonds is 15. The molecular weight excluding hydrogens is 804 g/mol. The third kappa shape index (κ3) is 9.05. The Morgan fingerprint density at radius 3 is 2.51 bits per heavy atom. The average molecular weight is 849 g/mol. The molecule has 2 aromatic carbocycles. The van der Waals surface area contributed by atoms with Crippen LogP contribution in [0, 0.1) is 5.82 Å². The number of carbonyl (C=O) groups excluding carboxylic acids is 5. The number of halogens is 3. The van der Waals surface area contributed by atoms with Gasteiger partial charge in [-0.1, -0.05) is 48.5 Å². The number of fused-ring (bicyclic) bond motifs is 1. The Labute approximate surface area is 350 Å². The number of anilines is 1. The number of hydrogen-bond donors (Lipinski definition) is 2. The number of likely N-dealkylation sites (tertiary alicyclic amines) is 1. The number of ether oxygens (including phenoxy) is 2. The second-order valence-electron chi connectivity index (χ2n) is 14.9. The number of imide groups is 2. The molecule has 17 heteroatoms. The fourth-order valence-electron chi connectivity index (χ4n) is 7.79. The molecule has 0 aliphatic carbocycles. The Kier molecular flexibility index (Phi) is 12.8. The molecule has 2 unspecified atom stereocenters. The van der Waals surface area contributed by atoms with E-state index >= 15 is 0 Å². The molecule has 3 aliphatic heterocycles. The van der Waals surface area contributed by atoms with Crippen molar-refractivity contribution in [2.24, 2.45) is 0 Å². The predicted octanol–water partition coefficient (Wildman–Crippen LogP) is 7.10. The minimum Gasteiger partial charge on any atom is -0.493 e. The van der Waals surface area contributed by atoms with Crippen LogP contribution in [0.3, 0.4) is 0 Å². The largest absolute Gasteiger partial charge is 0.493 e. The number of pyridine rings is 1. The van der Waals surface area contributed by atoms with Gasteiger partial charge < -0.3 is 20.1 Å². The van der Waals surface area contributed by atoms with Crippen molar-refractivity contribution in [1.82, 2.24) is 29.9 Å². The van der Waals surface area contributed by atoms with Gasteiger partial charge in [0.1, 0.15) is 23.7 Å². The highest BCUT2D eigenvalue weighted by Gasteiger charge is 2.46. The topological polar surface area (TPSA) is 179 Å². The number of nitrogen functional groups attached to an aromatic ring is 1. The molecule has 2 atom stereocenters. The number of hydrogen-bond acceptors (Lipinski definition) is 10. The highest BCUT2D eigenvalue weighted by molar-refractivity contribution is 6.36. The summed E-state index contributed by atoms with van der Waals surface area (Å²) in [6.07, 6.45) is 11.0. The molecule has 3 N–H and O–H groups in total. The van der Waals surface area contributed by atoms with Crippen LogP contribution in [-0.4, -0.2) is 79.8 Å². The predicted molar refractivity (Wildman–Crippen MR) is 216 cm³/mol. The molecular formula is C42H44Cl2FN7O7. The zero-order valence-corrected chi connectivity index (χ0v) is 33.9. The first kappa shape index (κ1) is 41.6. The van der Waals surface area contributed by atoms with Crippen LogP contribution >= 0.6 is 23.2 Å². The van der Waals surface area contributed by atoms with Gasteiger partial charge in [0.15, 0.2) is 11.6 Å². The Morgan fingerprint density at radius 1 is 0.966 bits per heavy atom. The summed E-state index contributed by atoms with van der Waals surface area (Å²) in [5.74, 6) is -1.95. The maximum absolute atomic E-state index is 14.1. The standard InChI is InChI=1S/C42H44Cl2FN7O7/c1-24(36-29(43)11-12-30(45)38(36)44)59-33-20-25(21-47-39(33)46)26-22-48-51(23-26)27-15-17-50(18-16-27)35(54)10-5-3-2-4-6-19-58-32-9-7-8-28-37(32)42(57)52(41(28)56)31-13-14-34(53)49-40(31)55/h7-9,11-12,20-24,27,31H,2-6,10,13-19H2,1H3,(H2,46,47)(H,49,53,55). The zero-order valence-electron chi connectivity index (χ0n) is 32.4. The van der Waals surface area contributed by atoms with E-state index in [2.05, 4.69) is 15.4 Å². The second kappa shape index (κ2) is 18.2. The summed E-state index contributed by atoms with van der Waals surface area (Å²) in [6.45, 7) is 3.33. The minimum atomic E-state index is -1.03. The van der Waals surface area contributed by atoms with Crippen LogP contribution in [0.2, 0.25) is 10.0 Å². The van der Waals surface area contributed by atoms with Crippen LogP contribution in [-0.2, 0) is 14.4 Å². The number of benzene rings is 2.